The lowest BCUT2D eigenvalue weighted by Gasteiger charge is -2.11. The van der Waals surface area contributed by atoms with Crippen LogP contribution in [0.3, 0.4) is 0 Å². The van der Waals surface area contributed by atoms with Crippen molar-refractivity contribution in [1.82, 2.24) is 9.62 Å². The number of likely N-dealkylation sites (N-methyl/N-ethyl adjacent to an activating group) is 1. The van der Waals surface area contributed by atoms with Crippen LogP contribution in [0.5, 0.6) is 11.5 Å². The van der Waals surface area contributed by atoms with Gasteiger partial charge in [-0.2, -0.15) is 0 Å². The number of carbonyl (C=O) groups excluding carboxylic acids is 2. The van der Waals surface area contributed by atoms with E-state index >= 15 is 0 Å². The number of ether oxygens (including phenoxy) is 2. The van der Waals surface area contributed by atoms with Crippen LogP contribution in [-0.2, 0) is 14.8 Å². The molecule has 0 saturated heterocycles. The zero-order valence-corrected chi connectivity index (χ0v) is 18.7. The van der Waals surface area contributed by atoms with Crippen LogP contribution in [0.1, 0.15) is 22.8 Å². The Balaban J connectivity index is 2.10. The summed E-state index contributed by atoms with van der Waals surface area (Å²) >= 11 is 0. The predicted octanol–water partition coefficient (Wildman–Crippen LogP) is 2.36. The van der Waals surface area contributed by atoms with Crippen molar-refractivity contribution in [1.29, 1.82) is 0 Å². The van der Waals surface area contributed by atoms with Crippen LogP contribution in [0.15, 0.2) is 53.4 Å². The lowest BCUT2D eigenvalue weighted by Crippen LogP contribution is -2.28. The van der Waals surface area contributed by atoms with Crippen LogP contribution < -0.4 is 14.8 Å². The van der Waals surface area contributed by atoms with Gasteiger partial charge >= 0.3 is 0 Å². The summed E-state index contributed by atoms with van der Waals surface area (Å²) in [5, 5.41) is 2.64. The highest BCUT2D eigenvalue weighted by atomic mass is 32.2. The molecule has 0 aliphatic carbocycles. The average molecular weight is 447 g/mol. The van der Waals surface area contributed by atoms with Gasteiger partial charge in [0.2, 0.25) is 10.0 Å². The number of benzene rings is 2. The van der Waals surface area contributed by atoms with E-state index in [0.29, 0.717) is 29.2 Å². The monoisotopic (exact) mass is 446 g/mol. The molecule has 0 aromatic heterocycles. The van der Waals surface area contributed by atoms with Crippen LogP contribution >= 0.6 is 0 Å². The highest BCUT2D eigenvalue weighted by Crippen LogP contribution is 2.28. The fraction of sp³-hybridized carbons (Fsp3) is 0.273. The molecule has 1 N–H and O–H groups in total. The topological polar surface area (TPSA) is 102 Å². The number of rotatable bonds is 10. The zero-order valence-electron chi connectivity index (χ0n) is 17.9. The molecule has 0 spiro atoms. The molecular formula is C22H26N2O6S. The Morgan fingerprint density at radius 3 is 2.32 bits per heavy atom. The molecule has 166 valence electrons. The van der Waals surface area contributed by atoms with Crippen molar-refractivity contribution in [2.24, 2.45) is 0 Å². The van der Waals surface area contributed by atoms with Crippen LogP contribution in [0.4, 0.5) is 0 Å². The normalized spacial score (nSPS) is 11.5. The van der Waals surface area contributed by atoms with Gasteiger partial charge in [-0.25, -0.2) is 12.7 Å². The Labute approximate surface area is 182 Å². The van der Waals surface area contributed by atoms with Gasteiger partial charge in [0.05, 0.1) is 12.0 Å². The van der Waals surface area contributed by atoms with Gasteiger partial charge in [0.1, 0.15) is 0 Å². The molecule has 0 aliphatic rings. The molecule has 0 bridgehead atoms. The number of methoxy groups -OCH3 is 1. The van der Waals surface area contributed by atoms with Gasteiger partial charge in [-0.05, 0) is 55.0 Å². The minimum absolute atomic E-state index is 0.117. The number of nitrogens with zero attached hydrogens (tertiary/aromatic N) is 1. The van der Waals surface area contributed by atoms with E-state index in [1.54, 1.807) is 24.3 Å². The molecule has 2 aromatic carbocycles. The van der Waals surface area contributed by atoms with Gasteiger partial charge in [-0.1, -0.05) is 12.1 Å². The smallest absolute Gasteiger partial charge is 0.257 e. The third-order valence-electron chi connectivity index (χ3n) is 4.26. The first kappa shape index (κ1) is 24.1. The van der Waals surface area contributed by atoms with E-state index in [1.165, 1.54) is 51.5 Å². The SMILES string of the molecule is CCNC(=O)COc1ccc(C=CC(=O)c2ccc(S(=O)(=O)N(C)C)cc2)cc1OC. The standard InChI is InChI=1S/C22H26N2O6S/c1-5-23-22(26)15-30-20-13-7-16(14-21(20)29-4)6-12-19(25)17-8-10-18(11-9-17)31(27,28)24(2)3/h6-14H,5,15H2,1-4H3,(H,23,26). The van der Waals surface area contributed by atoms with Crippen LogP contribution in [0.25, 0.3) is 6.08 Å². The van der Waals surface area contributed by atoms with Crippen molar-refractivity contribution in [3.05, 3.63) is 59.7 Å². The molecule has 0 heterocycles. The molecule has 0 radical (unpaired) electrons. The molecule has 31 heavy (non-hydrogen) atoms. The number of carbonyl (C=O) groups is 2. The number of nitrogens with one attached hydrogen (secondary N) is 1. The molecule has 0 saturated carbocycles. The molecular weight excluding hydrogens is 420 g/mol. The molecule has 2 rings (SSSR count). The maximum atomic E-state index is 12.4. The maximum Gasteiger partial charge on any atom is 0.257 e. The fourth-order valence-corrected chi connectivity index (χ4v) is 3.47. The molecule has 0 aliphatic heterocycles. The summed E-state index contributed by atoms with van der Waals surface area (Å²) in [6, 6.07) is 10.8. The molecule has 2 aromatic rings. The largest absolute Gasteiger partial charge is 0.493 e. The van der Waals surface area contributed by atoms with E-state index in [2.05, 4.69) is 5.32 Å². The Bertz CT molecular complexity index is 1060. The summed E-state index contributed by atoms with van der Waals surface area (Å²) in [7, 11) is 0.828. The van der Waals surface area contributed by atoms with Crippen LogP contribution in [-0.4, -0.2) is 58.8 Å². The highest BCUT2D eigenvalue weighted by molar-refractivity contribution is 7.89. The average Bonchev–Trinajstić information content (AvgIpc) is 2.76. The summed E-state index contributed by atoms with van der Waals surface area (Å²) in [6.07, 6.45) is 3.00. The summed E-state index contributed by atoms with van der Waals surface area (Å²) in [5.41, 5.74) is 1.06. The lowest BCUT2D eigenvalue weighted by molar-refractivity contribution is -0.123. The first-order valence-corrected chi connectivity index (χ1v) is 11.0. The highest BCUT2D eigenvalue weighted by Gasteiger charge is 2.17. The summed E-state index contributed by atoms with van der Waals surface area (Å²) in [6.45, 7) is 2.21. The molecule has 0 fully saturated rings. The predicted molar refractivity (Wildman–Crippen MR) is 118 cm³/mol. The van der Waals surface area contributed by atoms with Crippen molar-refractivity contribution in [3.8, 4) is 11.5 Å². The van der Waals surface area contributed by atoms with E-state index in [0.717, 1.165) is 4.31 Å². The second kappa shape index (κ2) is 10.7. The first-order chi connectivity index (χ1) is 14.7. The minimum Gasteiger partial charge on any atom is -0.493 e. The number of hydrogen-bond acceptors (Lipinski definition) is 6. The summed E-state index contributed by atoms with van der Waals surface area (Å²) < 4.78 is 36.1. The summed E-state index contributed by atoms with van der Waals surface area (Å²) in [5.74, 6) is 0.333. The Hall–Kier alpha value is -3.17. The second-order valence-electron chi connectivity index (χ2n) is 6.66. The number of allylic oxidation sites excluding steroid dienone is 1. The van der Waals surface area contributed by atoms with Gasteiger partial charge in [0.25, 0.3) is 5.91 Å². The number of amides is 1. The van der Waals surface area contributed by atoms with E-state index < -0.39 is 10.0 Å². The Morgan fingerprint density at radius 1 is 1.06 bits per heavy atom. The molecule has 0 atom stereocenters. The molecule has 0 unspecified atom stereocenters. The van der Waals surface area contributed by atoms with E-state index in [-0.39, 0.29) is 23.2 Å². The number of ketones is 1. The van der Waals surface area contributed by atoms with Gasteiger partial charge in [0.15, 0.2) is 23.9 Å². The summed E-state index contributed by atoms with van der Waals surface area (Å²) in [4.78, 5) is 24.1. The van der Waals surface area contributed by atoms with Crippen molar-refractivity contribution >= 4 is 27.8 Å². The Morgan fingerprint density at radius 2 is 1.74 bits per heavy atom. The van der Waals surface area contributed by atoms with E-state index in [9.17, 15) is 18.0 Å². The third kappa shape index (κ3) is 6.40. The molecule has 8 nitrogen and oxygen atoms in total. The van der Waals surface area contributed by atoms with E-state index in [4.69, 9.17) is 9.47 Å². The van der Waals surface area contributed by atoms with Crippen LogP contribution in [0, 0.1) is 0 Å². The molecule has 1 amide bonds. The maximum absolute atomic E-state index is 12.4. The van der Waals surface area contributed by atoms with Gasteiger partial charge in [-0.15, -0.1) is 0 Å². The zero-order chi connectivity index (χ0) is 23.0. The third-order valence-corrected chi connectivity index (χ3v) is 6.09. The van der Waals surface area contributed by atoms with Gasteiger partial charge in [0, 0.05) is 26.2 Å². The van der Waals surface area contributed by atoms with Gasteiger partial charge in [-0.3, -0.25) is 9.59 Å². The van der Waals surface area contributed by atoms with Crippen molar-refractivity contribution < 1.29 is 27.5 Å². The quantitative estimate of drug-likeness (QED) is 0.444. The first-order valence-electron chi connectivity index (χ1n) is 9.51. The molecule has 9 heteroatoms. The Kier molecular flexibility index (Phi) is 8.35. The lowest BCUT2D eigenvalue weighted by atomic mass is 10.1. The van der Waals surface area contributed by atoms with Crippen molar-refractivity contribution in [2.45, 2.75) is 11.8 Å². The van der Waals surface area contributed by atoms with Gasteiger partial charge < -0.3 is 14.8 Å². The number of sulfonamides is 1. The second-order valence-corrected chi connectivity index (χ2v) is 8.81. The van der Waals surface area contributed by atoms with Crippen molar-refractivity contribution in [3.63, 3.8) is 0 Å². The fourth-order valence-electron chi connectivity index (χ4n) is 2.57. The van der Waals surface area contributed by atoms with Crippen LogP contribution in [0.2, 0.25) is 0 Å². The van der Waals surface area contributed by atoms with Crippen molar-refractivity contribution in [2.75, 3.05) is 34.4 Å². The van der Waals surface area contributed by atoms with E-state index in [1.807, 2.05) is 6.92 Å². The number of hydrogen-bond donors (Lipinski definition) is 1. The minimum atomic E-state index is -3.55.